The van der Waals surface area contributed by atoms with E-state index < -0.39 is 27.1 Å². The van der Waals surface area contributed by atoms with Crippen LogP contribution in [0.1, 0.15) is 25.8 Å². The average Bonchev–Trinajstić information content (AvgIpc) is 2.20. The molecule has 1 aromatic carbocycles. The number of halogens is 2. The highest BCUT2D eigenvalue weighted by Gasteiger charge is 2.19. The molecule has 0 radical (unpaired) electrons. The zero-order valence-electron chi connectivity index (χ0n) is 10.3. The lowest BCUT2D eigenvalue weighted by atomic mass is 10.1. The van der Waals surface area contributed by atoms with E-state index in [0.29, 0.717) is 0 Å². The van der Waals surface area contributed by atoms with Crippen molar-refractivity contribution >= 4 is 9.84 Å². The van der Waals surface area contributed by atoms with E-state index in [1.807, 2.05) is 0 Å². The molecule has 0 amide bonds. The molecule has 0 saturated heterocycles. The maximum atomic E-state index is 12.9. The zero-order valence-corrected chi connectivity index (χ0v) is 11.1. The van der Waals surface area contributed by atoms with Crippen LogP contribution in [0.15, 0.2) is 18.2 Å². The van der Waals surface area contributed by atoms with E-state index in [1.165, 1.54) is 19.9 Å². The Morgan fingerprint density at radius 1 is 1.22 bits per heavy atom. The van der Waals surface area contributed by atoms with Gasteiger partial charge in [-0.05, 0) is 38.0 Å². The first-order chi connectivity index (χ1) is 8.09. The molecule has 0 spiro atoms. The molecule has 0 atom stereocenters. The van der Waals surface area contributed by atoms with Gasteiger partial charge in [0.2, 0.25) is 0 Å². The van der Waals surface area contributed by atoms with Crippen molar-refractivity contribution in [3.63, 3.8) is 0 Å². The number of aliphatic hydroxyl groups is 1. The van der Waals surface area contributed by atoms with Crippen molar-refractivity contribution in [3.05, 3.63) is 35.4 Å². The zero-order chi connectivity index (χ0) is 14.0. The fraction of sp³-hybridized carbons (Fsp3) is 0.500. The molecule has 0 saturated carbocycles. The standard InChI is InChI=1S/C12H16F2O3S/c1-12(2,15)5-6-18(16,17)8-9-3-4-10(13)11(14)7-9/h3-4,7,15H,5-6,8H2,1-2H3. The second kappa shape index (κ2) is 5.32. The summed E-state index contributed by atoms with van der Waals surface area (Å²) in [7, 11) is -3.45. The van der Waals surface area contributed by atoms with Crippen molar-refractivity contribution in [1.82, 2.24) is 0 Å². The van der Waals surface area contributed by atoms with Gasteiger partial charge in [0, 0.05) is 0 Å². The molecule has 1 N–H and O–H groups in total. The molecule has 0 aromatic heterocycles. The smallest absolute Gasteiger partial charge is 0.159 e. The topological polar surface area (TPSA) is 54.4 Å². The SMILES string of the molecule is CC(C)(O)CCS(=O)(=O)Cc1ccc(F)c(F)c1. The Kier molecular flexibility index (Phi) is 4.45. The van der Waals surface area contributed by atoms with E-state index in [4.69, 9.17) is 0 Å². The summed E-state index contributed by atoms with van der Waals surface area (Å²) in [6.45, 7) is 3.03. The third kappa shape index (κ3) is 5.10. The molecule has 0 aliphatic heterocycles. The average molecular weight is 278 g/mol. The molecule has 0 bridgehead atoms. The molecule has 0 aliphatic rings. The lowest BCUT2D eigenvalue weighted by Crippen LogP contribution is -2.24. The summed E-state index contributed by atoms with van der Waals surface area (Å²) >= 11 is 0. The molecule has 18 heavy (non-hydrogen) atoms. The minimum Gasteiger partial charge on any atom is -0.390 e. The van der Waals surface area contributed by atoms with Crippen LogP contribution in [0.3, 0.4) is 0 Å². The van der Waals surface area contributed by atoms with Crippen LogP contribution < -0.4 is 0 Å². The molecule has 6 heteroatoms. The first-order valence-electron chi connectivity index (χ1n) is 5.46. The highest BCUT2D eigenvalue weighted by molar-refractivity contribution is 7.90. The lowest BCUT2D eigenvalue weighted by Gasteiger charge is -2.16. The first-order valence-corrected chi connectivity index (χ1v) is 7.28. The largest absolute Gasteiger partial charge is 0.390 e. The Labute approximate surface area is 105 Å². The quantitative estimate of drug-likeness (QED) is 0.896. The Morgan fingerprint density at radius 2 is 1.83 bits per heavy atom. The highest BCUT2D eigenvalue weighted by atomic mass is 32.2. The summed E-state index contributed by atoms with van der Waals surface area (Å²) in [5.41, 5.74) is -0.870. The van der Waals surface area contributed by atoms with Gasteiger partial charge in [0.25, 0.3) is 0 Å². The normalized spacial score (nSPS) is 12.7. The number of hydrogen-bond acceptors (Lipinski definition) is 3. The third-order valence-electron chi connectivity index (χ3n) is 2.40. The van der Waals surface area contributed by atoms with E-state index in [2.05, 4.69) is 0 Å². The van der Waals surface area contributed by atoms with Crippen molar-refractivity contribution in [3.8, 4) is 0 Å². The number of rotatable bonds is 5. The van der Waals surface area contributed by atoms with Crippen molar-refractivity contribution in [2.24, 2.45) is 0 Å². The summed E-state index contributed by atoms with van der Waals surface area (Å²) < 4.78 is 49.0. The fourth-order valence-corrected chi connectivity index (χ4v) is 3.00. The van der Waals surface area contributed by atoms with Crippen molar-refractivity contribution < 1.29 is 22.3 Å². The van der Waals surface area contributed by atoms with Gasteiger partial charge in [0.15, 0.2) is 21.5 Å². The molecule has 1 rings (SSSR count). The van der Waals surface area contributed by atoms with Gasteiger partial charge in [-0.3, -0.25) is 0 Å². The van der Waals surface area contributed by atoms with Gasteiger partial charge in [-0.1, -0.05) is 6.07 Å². The van der Waals surface area contributed by atoms with Crippen LogP contribution in [0.25, 0.3) is 0 Å². The number of benzene rings is 1. The Bertz CT molecular complexity index is 519. The predicted molar refractivity (Wildman–Crippen MR) is 64.8 cm³/mol. The Balaban J connectivity index is 2.74. The number of sulfone groups is 1. The van der Waals surface area contributed by atoms with E-state index in [9.17, 15) is 22.3 Å². The molecular formula is C12H16F2O3S. The summed E-state index contributed by atoms with van der Waals surface area (Å²) in [4.78, 5) is 0. The van der Waals surface area contributed by atoms with Crippen LogP contribution in [0.2, 0.25) is 0 Å². The van der Waals surface area contributed by atoms with Crippen LogP contribution in [-0.4, -0.2) is 24.9 Å². The van der Waals surface area contributed by atoms with Crippen LogP contribution in [0.5, 0.6) is 0 Å². The van der Waals surface area contributed by atoms with Gasteiger partial charge in [-0.2, -0.15) is 0 Å². The van der Waals surface area contributed by atoms with Crippen LogP contribution in [0, 0.1) is 11.6 Å². The second-order valence-electron chi connectivity index (χ2n) is 4.90. The maximum Gasteiger partial charge on any atom is 0.159 e. The van der Waals surface area contributed by atoms with Gasteiger partial charge in [-0.15, -0.1) is 0 Å². The Morgan fingerprint density at radius 3 is 2.33 bits per heavy atom. The van der Waals surface area contributed by atoms with Crippen LogP contribution in [-0.2, 0) is 15.6 Å². The third-order valence-corrected chi connectivity index (χ3v) is 3.99. The van der Waals surface area contributed by atoms with E-state index in [0.717, 1.165) is 12.1 Å². The molecule has 0 heterocycles. The minimum absolute atomic E-state index is 0.0962. The molecule has 102 valence electrons. The highest BCUT2D eigenvalue weighted by Crippen LogP contribution is 2.15. The van der Waals surface area contributed by atoms with Crippen molar-refractivity contribution in [1.29, 1.82) is 0 Å². The minimum atomic E-state index is -3.45. The van der Waals surface area contributed by atoms with Crippen LogP contribution >= 0.6 is 0 Å². The van der Waals surface area contributed by atoms with E-state index in [-0.39, 0.29) is 23.5 Å². The summed E-state index contributed by atoms with van der Waals surface area (Å²) in [5, 5.41) is 9.45. The molecule has 0 fully saturated rings. The molecule has 1 aromatic rings. The fourth-order valence-electron chi connectivity index (χ4n) is 1.36. The van der Waals surface area contributed by atoms with Crippen LogP contribution in [0.4, 0.5) is 8.78 Å². The Hall–Kier alpha value is -1.01. The second-order valence-corrected chi connectivity index (χ2v) is 7.09. The molecule has 0 unspecified atom stereocenters. The van der Waals surface area contributed by atoms with Gasteiger partial charge in [0.1, 0.15) is 0 Å². The summed E-state index contributed by atoms with van der Waals surface area (Å²) in [6.07, 6.45) is 0.0962. The van der Waals surface area contributed by atoms with Gasteiger partial charge in [0.05, 0.1) is 17.1 Å². The molecule has 0 aliphatic carbocycles. The van der Waals surface area contributed by atoms with Gasteiger partial charge >= 0.3 is 0 Å². The monoisotopic (exact) mass is 278 g/mol. The van der Waals surface area contributed by atoms with Crippen molar-refractivity contribution in [2.45, 2.75) is 31.6 Å². The van der Waals surface area contributed by atoms with Gasteiger partial charge < -0.3 is 5.11 Å². The summed E-state index contributed by atoms with van der Waals surface area (Å²) in [5.74, 6) is -2.63. The lowest BCUT2D eigenvalue weighted by molar-refractivity contribution is 0.0772. The maximum absolute atomic E-state index is 12.9. The van der Waals surface area contributed by atoms with E-state index in [1.54, 1.807) is 0 Å². The van der Waals surface area contributed by atoms with Crippen molar-refractivity contribution in [2.75, 3.05) is 5.75 Å². The molecular weight excluding hydrogens is 262 g/mol. The van der Waals surface area contributed by atoms with E-state index >= 15 is 0 Å². The summed E-state index contributed by atoms with van der Waals surface area (Å²) in [6, 6.07) is 3.01. The molecule has 3 nitrogen and oxygen atoms in total. The number of hydrogen-bond donors (Lipinski definition) is 1. The predicted octanol–water partition coefficient (Wildman–Crippen LogP) is 2.04. The first kappa shape index (κ1) is 15.0. The van der Waals surface area contributed by atoms with Gasteiger partial charge in [-0.25, -0.2) is 17.2 Å².